The van der Waals surface area contributed by atoms with E-state index in [-0.39, 0.29) is 0 Å². The maximum Gasteiger partial charge on any atom is 0.0304 e. The van der Waals surface area contributed by atoms with Gasteiger partial charge in [-0.1, -0.05) is 28.1 Å². The predicted octanol–water partition coefficient (Wildman–Crippen LogP) is 4.85. The Morgan fingerprint density at radius 3 is 2.58 bits per heavy atom. The van der Waals surface area contributed by atoms with Crippen LogP contribution >= 0.6 is 27.3 Å². The molecule has 3 heteroatoms. The number of aryl methyl sites for hydroxylation is 1. The van der Waals surface area contributed by atoms with Crippen molar-refractivity contribution >= 4 is 27.3 Å². The second-order valence-electron chi connectivity index (χ2n) is 5.32. The van der Waals surface area contributed by atoms with Gasteiger partial charge in [-0.05, 0) is 60.4 Å². The minimum atomic E-state index is 0.690. The molecular formula is C16H18BrNS. The van der Waals surface area contributed by atoms with Crippen LogP contribution in [0.4, 0.5) is 0 Å². The fraction of sp³-hybridized carbons (Fsp3) is 0.375. The lowest BCUT2D eigenvalue weighted by Gasteiger charge is -2.36. The highest BCUT2D eigenvalue weighted by Crippen LogP contribution is 2.37. The van der Waals surface area contributed by atoms with E-state index in [4.69, 9.17) is 0 Å². The number of thiophene rings is 1. The van der Waals surface area contributed by atoms with Crippen LogP contribution in [0.5, 0.6) is 0 Å². The zero-order chi connectivity index (χ0) is 13.2. The van der Waals surface area contributed by atoms with Crippen molar-refractivity contribution in [3.63, 3.8) is 0 Å². The highest BCUT2D eigenvalue weighted by atomic mass is 79.9. The van der Waals surface area contributed by atoms with E-state index in [1.54, 1.807) is 0 Å². The van der Waals surface area contributed by atoms with Gasteiger partial charge in [0.2, 0.25) is 0 Å². The van der Waals surface area contributed by atoms with Gasteiger partial charge in [0.05, 0.1) is 0 Å². The number of halogens is 1. The zero-order valence-electron chi connectivity index (χ0n) is 11.0. The summed E-state index contributed by atoms with van der Waals surface area (Å²) in [5.41, 5.74) is 2.90. The Labute approximate surface area is 127 Å². The van der Waals surface area contributed by atoms with Gasteiger partial charge in [-0.3, -0.25) is 0 Å². The van der Waals surface area contributed by atoms with Gasteiger partial charge in [0, 0.05) is 21.9 Å². The molecule has 1 aromatic carbocycles. The molecule has 1 heterocycles. The second-order valence-corrected chi connectivity index (χ2v) is 7.24. The van der Waals surface area contributed by atoms with Crippen molar-refractivity contribution in [3.8, 4) is 0 Å². The number of rotatable bonds is 4. The van der Waals surface area contributed by atoms with Crippen LogP contribution in [0.3, 0.4) is 0 Å². The van der Waals surface area contributed by atoms with Gasteiger partial charge in [0.25, 0.3) is 0 Å². The van der Waals surface area contributed by atoms with Crippen molar-refractivity contribution < 1.29 is 0 Å². The van der Waals surface area contributed by atoms with Crippen LogP contribution in [-0.4, -0.2) is 6.04 Å². The monoisotopic (exact) mass is 335 g/mol. The highest BCUT2D eigenvalue weighted by Gasteiger charge is 2.29. The molecule has 0 aliphatic heterocycles. The Morgan fingerprint density at radius 1 is 1.21 bits per heavy atom. The summed E-state index contributed by atoms with van der Waals surface area (Å²) in [6, 6.07) is 11.7. The molecule has 19 heavy (non-hydrogen) atoms. The standard InChI is InChI=1S/C16H18BrNS/c1-11-6-7-19-16(11)10-18-15-8-13(9-15)12-2-4-14(17)5-3-12/h2-7,13,15,18H,8-10H2,1H3. The summed E-state index contributed by atoms with van der Waals surface area (Å²) in [5, 5.41) is 5.85. The second kappa shape index (κ2) is 5.78. The first-order valence-electron chi connectivity index (χ1n) is 6.74. The topological polar surface area (TPSA) is 12.0 Å². The van der Waals surface area contributed by atoms with E-state index in [9.17, 15) is 0 Å². The third-order valence-electron chi connectivity index (χ3n) is 4.00. The Bertz CT molecular complexity index is 540. The molecule has 0 radical (unpaired) electrons. The van der Waals surface area contributed by atoms with Crippen molar-refractivity contribution in [3.05, 3.63) is 56.2 Å². The van der Waals surface area contributed by atoms with Crippen LogP contribution in [0.2, 0.25) is 0 Å². The molecule has 1 nitrogen and oxygen atoms in total. The lowest BCUT2D eigenvalue weighted by atomic mass is 9.76. The van der Waals surface area contributed by atoms with E-state index in [0.29, 0.717) is 6.04 Å². The van der Waals surface area contributed by atoms with Gasteiger partial charge in [-0.15, -0.1) is 11.3 Å². The number of nitrogens with one attached hydrogen (secondary N) is 1. The molecule has 0 amide bonds. The van der Waals surface area contributed by atoms with E-state index in [0.717, 1.165) is 12.5 Å². The molecule has 100 valence electrons. The maximum absolute atomic E-state index is 3.67. The van der Waals surface area contributed by atoms with Crippen LogP contribution in [-0.2, 0) is 6.54 Å². The molecule has 0 atom stereocenters. The number of hydrogen-bond donors (Lipinski definition) is 1. The molecule has 0 spiro atoms. The number of benzene rings is 1. The molecule has 1 aromatic heterocycles. The van der Waals surface area contributed by atoms with Gasteiger partial charge in [0.1, 0.15) is 0 Å². The molecule has 0 bridgehead atoms. The molecule has 1 fully saturated rings. The lowest BCUT2D eigenvalue weighted by molar-refractivity contribution is 0.290. The predicted molar refractivity (Wildman–Crippen MR) is 85.8 cm³/mol. The van der Waals surface area contributed by atoms with Crippen LogP contribution < -0.4 is 5.32 Å². The summed E-state index contributed by atoms with van der Waals surface area (Å²) in [6.45, 7) is 3.22. The van der Waals surface area contributed by atoms with Crippen LogP contribution in [0.15, 0.2) is 40.2 Å². The third kappa shape index (κ3) is 3.10. The fourth-order valence-corrected chi connectivity index (χ4v) is 3.74. The van der Waals surface area contributed by atoms with Crippen LogP contribution in [0.25, 0.3) is 0 Å². The van der Waals surface area contributed by atoms with Gasteiger partial charge < -0.3 is 5.32 Å². The lowest BCUT2D eigenvalue weighted by Crippen LogP contribution is -2.39. The highest BCUT2D eigenvalue weighted by molar-refractivity contribution is 9.10. The summed E-state index contributed by atoms with van der Waals surface area (Å²) in [7, 11) is 0. The Hall–Kier alpha value is -0.640. The first-order chi connectivity index (χ1) is 9.22. The molecule has 0 unspecified atom stereocenters. The van der Waals surface area contributed by atoms with Gasteiger partial charge in [-0.2, -0.15) is 0 Å². The minimum Gasteiger partial charge on any atom is -0.309 e. The fourth-order valence-electron chi connectivity index (χ4n) is 2.61. The van der Waals surface area contributed by atoms with Crippen molar-refractivity contribution in [2.45, 2.75) is 38.3 Å². The summed E-state index contributed by atoms with van der Waals surface area (Å²) in [6.07, 6.45) is 2.54. The average Bonchev–Trinajstić information content (AvgIpc) is 2.75. The Morgan fingerprint density at radius 2 is 1.95 bits per heavy atom. The third-order valence-corrected chi connectivity index (χ3v) is 5.55. The molecule has 1 saturated carbocycles. The number of hydrogen-bond acceptors (Lipinski definition) is 2. The summed E-state index contributed by atoms with van der Waals surface area (Å²) in [4.78, 5) is 1.48. The molecule has 1 aliphatic carbocycles. The van der Waals surface area contributed by atoms with E-state index < -0.39 is 0 Å². The smallest absolute Gasteiger partial charge is 0.0304 e. The average molecular weight is 336 g/mol. The quantitative estimate of drug-likeness (QED) is 0.841. The molecule has 2 aromatic rings. The van der Waals surface area contributed by atoms with E-state index in [2.05, 4.69) is 63.9 Å². The first-order valence-corrected chi connectivity index (χ1v) is 8.41. The molecular weight excluding hydrogens is 318 g/mol. The molecule has 0 saturated heterocycles. The van der Waals surface area contributed by atoms with E-state index >= 15 is 0 Å². The van der Waals surface area contributed by atoms with Gasteiger partial charge in [-0.25, -0.2) is 0 Å². The molecule has 1 aliphatic rings. The zero-order valence-corrected chi connectivity index (χ0v) is 13.4. The van der Waals surface area contributed by atoms with Crippen molar-refractivity contribution in [2.75, 3.05) is 0 Å². The SMILES string of the molecule is Cc1ccsc1CNC1CC(c2ccc(Br)cc2)C1. The summed E-state index contributed by atoms with van der Waals surface area (Å²) >= 11 is 5.35. The Balaban J connectivity index is 1.48. The van der Waals surface area contributed by atoms with E-state index in [1.807, 2.05) is 11.3 Å². The first kappa shape index (κ1) is 13.3. The van der Waals surface area contributed by atoms with E-state index in [1.165, 1.54) is 33.3 Å². The molecule has 1 N–H and O–H groups in total. The van der Waals surface area contributed by atoms with Crippen LogP contribution in [0.1, 0.15) is 34.8 Å². The normalized spacial score (nSPS) is 22.2. The summed E-state index contributed by atoms with van der Waals surface area (Å²) < 4.78 is 1.17. The van der Waals surface area contributed by atoms with Crippen molar-refractivity contribution in [2.24, 2.45) is 0 Å². The summed E-state index contributed by atoms with van der Waals surface area (Å²) in [5.74, 6) is 0.745. The minimum absolute atomic E-state index is 0.690. The Kier molecular flexibility index (Phi) is 4.06. The van der Waals surface area contributed by atoms with Crippen molar-refractivity contribution in [1.29, 1.82) is 0 Å². The molecule has 3 rings (SSSR count). The van der Waals surface area contributed by atoms with Crippen molar-refractivity contribution in [1.82, 2.24) is 5.32 Å². The van der Waals surface area contributed by atoms with Gasteiger partial charge in [0.15, 0.2) is 0 Å². The maximum atomic E-state index is 3.67. The largest absolute Gasteiger partial charge is 0.309 e. The van der Waals surface area contributed by atoms with Crippen LogP contribution in [0, 0.1) is 6.92 Å². The van der Waals surface area contributed by atoms with Gasteiger partial charge >= 0.3 is 0 Å².